The molecule has 4 nitrogen and oxygen atoms in total. The van der Waals surface area contributed by atoms with Gasteiger partial charge in [0.2, 0.25) is 0 Å². The van der Waals surface area contributed by atoms with Crippen LogP contribution in [0.25, 0.3) is 0 Å². The smallest absolute Gasteiger partial charge is 0.0589 e. The maximum absolute atomic E-state index is 5.20. The molecule has 0 aliphatic carbocycles. The summed E-state index contributed by atoms with van der Waals surface area (Å²) >= 11 is 0. The number of ether oxygens (including phenoxy) is 1. The second-order valence-corrected chi connectivity index (χ2v) is 8.13. The first-order chi connectivity index (χ1) is 9.99. The number of likely N-dealkylation sites (tertiary alicyclic amines) is 3. The molecule has 4 heteroatoms. The molecule has 0 unspecified atom stereocenters. The van der Waals surface area contributed by atoms with E-state index in [9.17, 15) is 0 Å². The van der Waals surface area contributed by atoms with Crippen LogP contribution in [-0.4, -0.2) is 84.8 Å². The molecule has 3 heterocycles. The molecule has 2 bridgehead atoms. The van der Waals surface area contributed by atoms with Crippen molar-refractivity contribution >= 4 is 0 Å². The SMILES string of the molecule is COCCN1CCC(N2C[C@H]3C[C@@H]2CN3C(C)(C)C)CC1. The molecule has 3 fully saturated rings. The Bertz CT molecular complexity index is 346. The minimum atomic E-state index is 0.342. The van der Waals surface area contributed by atoms with Gasteiger partial charge in [-0.15, -0.1) is 0 Å². The standard InChI is InChI=1S/C17H33N3O/c1-17(2,3)20-13-15-11-16(20)12-19(15)14-5-7-18(8-6-14)9-10-21-4/h14-16H,5-13H2,1-4H3/t15-,16-/m1/s1. The number of hydrogen-bond donors (Lipinski definition) is 0. The lowest BCUT2D eigenvalue weighted by molar-refractivity contribution is 0.0183. The monoisotopic (exact) mass is 295 g/mol. The van der Waals surface area contributed by atoms with Gasteiger partial charge in [0.05, 0.1) is 6.61 Å². The average Bonchev–Trinajstić information content (AvgIpc) is 3.05. The van der Waals surface area contributed by atoms with E-state index in [-0.39, 0.29) is 0 Å². The molecule has 0 aromatic heterocycles. The molecule has 0 radical (unpaired) electrons. The number of nitrogens with zero attached hydrogens (tertiary/aromatic N) is 3. The van der Waals surface area contributed by atoms with Crippen LogP contribution >= 0.6 is 0 Å². The Hall–Kier alpha value is -0.160. The quantitative estimate of drug-likeness (QED) is 0.785. The molecule has 0 spiro atoms. The third kappa shape index (κ3) is 3.29. The first kappa shape index (κ1) is 15.7. The van der Waals surface area contributed by atoms with E-state index < -0.39 is 0 Å². The highest BCUT2D eigenvalue weighted by Gasteiger charge is 2.48. The van der Waals surface area contributed by atoms with E-state index in [4.69, 9.17) is 4.74 Å². The van der Waals surface area contributed by atoms with Gasteiger partial charge in [0.25, 0.3) is 0 Å². The molecule has 3 rings (SSSR count). The fraction of sp³-hybridized carbons (Fsp3) is 1.00. The molecule has 3 aliphatic heterocycles. The van der Waals surface area contributed by atoms with Crippen LogP contribution in [0, 0.1) is 0 Å². The summed E-state index contributed by atoms with van der Waals surface area (Å²) in [4.78, 5) is 8.15. The van der Waals surface area contributed by atoms with Gasteiger partial charge >= 0.3 is 0 Å². The van der Waals surface area contributed by atoms with E-state index in [1.165, 1.54) is 45.4 Å². The Balaban J connectivity index is 1.49. The van der Waals surface area contributed by atoms with Crippen LogP contribution in [-0.2, 0) is 4.74 Å². The molecular weight excluding hydrogens is 262 g/mol. The van der Waals surface area contributed by atoms with E-state index in [1.54, 1.807) is 7.11 Å². The highest BCUT2D eigenvalue weighted by molar-refractivity contribution is 5.05. The molecule has 3 saturated heterocycles. The zero-order valence-corrected chi connectivity index (χ0v) is 14.3. The van der Waals surface area contributed by atoms with Crippen molar-refractivity contribution in [3.8, 4) is 0 Å². The Morgan fingerprint density at radius 1 is 1.00 bits per heavy atom. The van der Waals surface area contributed by atoms with Crippen molar-refractivity contribution in [2.24, 2.45) is 0 Å². The van der Waals surface area contributed by atoms with E-state index in [1.807, 2.05) is 0 Å². The summed E-state index contributed by atoms with van der Waals surface area (Å²) in [6, 6.07) is 2.46. The van der Waals surface area contributed by atoms with Crippen molar-refractivity contribution in [2.75, 3.05) is 46.4 Å². The van der Waals surface area contributed by atoms with E-state index >= 15 is 0 Å². The molecule has 122 valence electrons. The van der Waals surface area contributed by atoms with Crippen molar-refractivity contribution < 1.29 is 4.74 Å². The summed E-state index contributed by atoms with van der Waals surface area (Å²) in [5.74, 6) is 0. The summed E-state index contributed by atoms with van der Waals surface area (Å²) < 4.78 is 5.20. The lowest BCUT2D eigenvalue weighted by atomic mass is 10.0. The van der Waals surface area contributed by atoms with Crippen LogP contribution in [0.5, 0.6) is 0 Å². The van der Waals surface area contributed by atoms with Crippen LogP contribution in [0.2, 0.25) is 0 Å². The molecule has 0 N–H and O–H groups in total. The predicted molar refractivity (Wildman–Crippen MR) is 86.7 cm³/mol. The molecule has 0 saturated carbocycles. The van der Waals surface area contributed by atoms with Gasteiger partial charge in [-0.25, -0.2) is 0 Å². The summed E-state index contributed by atoms with van der Waals surface area (Å²) in [5, 5.41) is 0. The largest absolute Gasteiger partial charge is 0.383 e. The Labute approximate surface area is 130 Å². The molecule has 0 aromatic carbocycles. The van der Waals surface area contributed by atoms with Crippen LogP contribution in [0.4, 0.5) is 0 Å². The third-order valence-electron chi connectivity index (χ3n) is 5.78. The number of hydrogen-bond acceptors (Lipinski definition) is 4. The zero-order valence-electron chi connectivity index (χ0n) is 14.3. The lowest BCUT2D eigenvalue weighted by Gasteiger charge is -2.46. The first-order valence-electron chi connectivity index (χ1n) is 8.73. The number of piperidine rings is 1. The minimum absolute atomic E-state index is 0.342. The van der Waals surface area contributed by atoms with Crippen molar-refractivity contribution in [1.29, 1.82) is 0 Å². The summed E-state index contributed by atoms with van der Waals surface area (Å²) in [6.07, 6.45) is 4.10. The number of methoxy groups -OCH3 is 1. The summed E-state index contributed by atoms with van der Waals surface area (Å²) in [5.41, 5.74) is 0.342. The fourth-order valence-electron chi connectivity index (χ4n) is 4.66. The first-order valence-corrected chi connectivity index (χ1v) is 8.73. The average molecular weight is 295 g/mol. The maximum atomic E-state index is 5.20. The van der Waals surface area contributed by atoms with Crippen LogP contribution in [0.1, 0.15) is 40.0 Å². The van der Waals surface area contributed by atoms with Gasteiger partial charge in [-0.05, 0) is 53.1 Å². The molecule has 0 amide bonds. The number of piperazine rings is 1. The van der Waals surface area contributed by atoms with Crippen molar-refractivity contribution in [2.45, 2.75) is 63.7 Å². The molecular formula is C17H33N3O. The lowest BCUT2D eigenvalue weighted by Crippen LogP contribution is -2.57. The minimum Gasteiger partial charge on any atom is -0.383 e. The van der Waals surface area contributed by atoms with Crippen LogP contribution in [0.15, 0.2) is 0 Å². The molecule has 2 atom stereocenters. The van der Waals surface area contributed by atoms with Gasteiger partial charge in [-0.2, -0.15) is 0 Å². The zero-order chi connectivity index (χ0) is 15.0. The second kappa shape index (κ2) is 6.15. The second-order valence-electron chi connectivity index (χ2n) is 8.13. The van der Waals surface area contributed by atoms with Gasteiger partial charge in [0.15, 0.2) is 0 Å². The van der Waals surface area contributed by atoms with Crippen LogP contribution < -0.4 is 0 Å². The Kier molecular flexibility index (Phi) is 4.60. The topological polar surface area (TPSA) is 19.0 Å². The summed E-state index contributed by atoms with van der Waals surface area (Å²) in [6.45, 7) is 14.2. The highest BCUT2D eigenvalue weighted by atomic mass is 16.5. The molecule has 0 aromatic rings. The maximum Gasteiger partial charge on any atom is 0.0589 e. The van der Waals surface area contributed by atoms with Crippen molar-refractivity contribution in [3.63, 3.8) is 0 Å². The van der Waals surface area contributed by atoms with Gasteiger partial charge in [-0.1, -0.05) is 0 Å². The van der Waals surface area contributed by atoms with Gasteiger partial charge < -0.3 is 9.64 Å². The van der Waals surface area contributed by atoms with E-state index in [0.29, 0.717) is 5.54 Å². The van der Waals surface area contributed by atoms with Crippen molar-refractivity contribution in [1.82, 2.24) is 14.7 Å². The Morgan fingerprint density at radius 2 is 1.71 bits per heavy atom. The Morgan fingerprint density at radius 3 is 2.24 bits per heavy atom. The van der Waals surface area contributed by atoms with E-state index in [2.05, 4.69) is 35.5 Å². The van der Waals surface area contributed by atoms with Crippen LogP contribution in [0.3, 0.4) is 0 Å². The third-order valence-corrected chi connectivity index (χ3v) is 5.78. The summed E-state index contributed by atoms with van der Waals surface area (Å²) in [7, 11) is 1.80. The van der Waals surface area contributed by atoms with Gasteiger partial charge in [0, 0.05) is 50.4 Å². The molecule has 3 aliphatic rings. The number of fused-ring (bicyclic) bond motifs is 2. The van der Waals surface area contributed by atoms with E-state index in [0.717, 1.165) is 31.3 Å². The number of rotatable bonds is 4. The van der Waals surface area contributed by atoms with Crippen molar-refractivity contribution in [3.05, 3.63) is 0 Å². The molecule has 21 heavy (non-hydrogen) atoms. The normalized spacial score (nSPS) is 33.1. The fourth-order valence-corrected chi connectivity index (χ4v) is 4.66. The van der Waals surface area contributed by atoms with Gasteiger partial charge in [-0.3, -0.25) is 9.80 Å². The highest BCUT2D eigenvalue weighted by Crippen LogP contribution is 2.38. The predicted octanol–water partition coefficient (Wildman–Crippen LogP) is 1.65. The van der Waals surface area contributed by atoms with Gasteiger partial charge in [0.1, 0.15) is 0 Å².